The van der Waals surface area contributed by atoms with E-state index in [1.807, 2.05) is 19.9 Å². The number of aryl methyl sites for hydroxylation is 1. The highest BCUT2D eigenvalue weighted by atomic mass is 19.1. The molecular weight excluding hydrogens is 257 g/mol. The summed E-state index contributed by atoms with van der Waals surface area (Å²) in [6.07, 6.45) is 0. The molecule has 0 saturated heterocycles. The largest absolute Gasteiger partial charge is 0.377 e. The average molecular weight is 275 g/mol. The van der Waals surface area contributed by atoms with E-state index in [1.165, 1.54) is 12.1 Å². The number of anilines is 1. The third-order valence-electron chi connectivity index (χ3n) is 2.88. The second kappa shape index (κ2) is 6.43. The second-order valence-electron chi connectivity index (χ2n) is 4.48. The van der Waals surface area contributed by atoms with Crippen LogP contribution in [0.25, 0.3) is 11.3 Å². The number of hydrogen-bond acceptors (Lipinski definition) is 4. The molecule has 0 aliphatic rings. The van der Waals surface area contributed by atoms with Gasteiger partial charge in [0, 0.05) is 25.3 Å². The zero-order valence-corrected chi connectivity index (χ0v) is 11.9. The van der Waals surface area contributed by atoms with Crippen LogP contribution in [0.4, 0.5) is 10.2 Å². The van der Waals surface area contributed by atoms with Crippen molar-refractivity contribution in [1.82, 2.24) is 9.97 Å². The van der Waals surface area contributed by atoms with Gasteiger partial charge >= 0.3 is 0 Å². The first kappa shape index (κ1) is 14.4. The van der Waals surface area contributed by atoms with Crippen LogP contribution in [0.3, 0.4) is 0 Å². The Morgan fingerprint density at radius 3 is 2.75 bits per heavy atom. The van der Waals surface area contributed by atoms with Crippen LogP contribution >= 0.6 is 0 Å². The minimum atomic E-state index is -0.275. The molecule has 0 spiro atoms. The molecule has 1 heterocycles. The van der Waals surface area contributed by atoms with E-state index in [2.05, 4.69) is 15.3 Å². The minimum absolute atomic E-state index is 0.275. The number of rotatable bonds is 5. The predicted molar refractivity (Wildman–Crippen MR) is 77.0 cm³/mol. The first-order valence-corrected chi connectivity index (χ1v) is 6.51. The van der Waals surface area contributed by atoms with Crippen LogP contribution in [-0.4, -0.2) is 23.6 Å². The summed E-state index contributed by atoms with van der Waals surface area (Å²) in [6.45, 7) is 5.00. The van der Waals surface area contributed by atoms with Crippen molar-refractivity contribution in [3.63, 3.8) is 0 Å². The maximum absolute atomic E-state index is 13.4. The van der Waals surface area contributed by atoms with Crippen molar-refractivity contribution in [2.75, 3.05) is 19.0 Å². The fraction of sp³-hybridized carbons (Fsp3) is 0.333. The van der Waals surface area contributed by atoms with Gasteiger partial charge < -0.3 is 10.1 Å². The van der Waals surface area contributed by atoms with Crippen LogP contribution in [0.2, 0.25) is 0 Å². The van der Waals surface area contributed by atoms with E-state index in [0.717, 1.165) is 17.7 Å². The number of aromatic nitrogens is 2. The summed E-state index contributed by atoms with van der Waals surface area (Å²) >= 11 is 0. The Bertz CT molecular complexity index is 577. The highest BCUT2D eigenvalue weighted by molar-refractivity contribution is 5.66. The van der Waals surface area contributed by atoms with Gasteiger partial charge in [0.25, 0.3) is 0 Å². The van der Waals surface area contributed by atoms with Crippen molar-refractivity contribution in [2.24, 2.45) is 0 Å². The molecule has 0 fully saturated rings. The molecule has 106 valence electrons. The summed E-state index contributed by atoms with van der Waals surface area (Å²) in [5, 5.41) is 3.15. The van der Waals surface area contributed by atoms with Crippen LogP contribution in [0.15, 0.2) is 24.3 Å². The van der Waals surface area contributed by atoms with Crippen LogP contribution < -0.4 is 5.32 Å². The van der Waals surface area contributed by atoms with Gasteiger partial charge in [-0.15, -0.1) is 0 Å². The zero-order chi connectivity index (χ0) is 14.5. The van der Waals surface area contributed by atoms with Gasteiger partial charge in [0.1, 0.15) is 18.2 Å². The van der Waals surface area contributed by atoms with Crippen molar-refractivity contribution >= 4 is 5.82 Å². The quantitative estimate of drug-likeness (QED) is 0.910. The molecule has 1 aromatic carbocycles. The number of nitrogens with one attached hydrogen (secondary N) is 1. The maximum Gasteiger partial charge on any atom is 0.157 e. The first-order chi connectivity index (χ1) is 9.63. The van der Waals surface area contributed by atoms with Crippen molar-refractivity contribution in [2.45, 2.75) is 20.5 Å². The van der Waals surface area contributed by atoms with Crippen LogP contribution in [0.1, 0.15) is 18.3 Å². The minimum Gasteiger partial charge on any atom is -0.377 e. The molecule has 0 bridgehead atoms. The normalized spacial score (nSPS) is 10.6. The molecule has 0 unspecified atom stereocenters. The molecule has 0 saturated carbocycles. The summed E-state index contributed by atoms with van der Waals surface area (Å²) < 4.78 is 18.5. The van der Waals surface area contributed by atoms with Crippen LogP contribution in [0, 0.1) is 12.7 Å². The average Bonchev–Trinajstić information content (AvgIpc) is 2.42. The summed E-state index contributed by atoms with van der Waals surface area (Å²) in [7, 11) is 1.59. The number of nitrogens with zero attached hydrogens (tertiary/aromatic N) is 2. The van der Waals surface area contributed by atoms with Gasteiger partial charge in [-0.25, -0.2) is 14.4 Å². The number of benzene rings is 1. The van der Waals surface area contributed by atoms with Crippen molar-refractivity contribution in [3.8, 4) is 11.3 Å². The summed E-state index contributed by atoms with van der Waals surface area (Å²) in [4.78, 5) is 8.78. The number of halogens is 1. The van der Waals surface area contributed by atoms with E-state index < -0.39 is 0 Å². The zero-order valence-electron chi connectivity index (χ0n) is 11.9. The Balaban J connectivity index is 2.51. The third kappa shape index (κ3) is 3.30. The second-order valence-corrected chi connectivity index (χ2v) is 4.48. The van der Waals surface area contributed by atoms with Gasteiger partial charge in [0.15, 0.2) is 5.82 Å². The SMILES string of the molecule is CCNc1cc(-c2cc(F)ccc2C)nc(COC)n1. The lowest BCUT2D eigenvalue weighted by Crippen LogP contribution is -2.05. The first-order valence-electron chi connectivity index (χ1n) is 6.51. The van der Waals surface area contributed by atoms with E-state index in [-0.39, 0.29) is 5.82 Å². The number of ether oxygens (including phenoxy) is 1. The number of hydrogen-bond donors (Lipinski definition) is 1. The van der Waals surface area contributed by atoms with Crippen molar-refractivity contribution in [1.29, 1.82) is 0 Å². The van der Waals surface area contributed by atoms with Crippen molar-refractivity contribution in [3.05, 3.63) is 41.5 Å². The Hall–Kier alpha value is -2.01. The van der Waals surface area contributed by atoms with Gasteiger partial charge in [0.2, 0.25) is 0 Å². The Labute approximate surface area is 118 Å². The van der Waals surface area contributed by atoms with Gasteiger partial charge in [-0.2, -0.15) is 0 Å². The summed E-state index contributed by atoms with van der Waals surface area (Å²) in [6, 6.07) is 6.51. The lowest BCUT2D eigenvalue weighted by Gasteiger charge is -2.10. The van der Waals surface area contributed by atoms with Gasteiger partial charge in [-0.3, -0.25) is 0 Å². The maximum atomic E-state index is 13.4. The predicted octanol–water partition coefficient (Wildman–Crippen LogP) is 3.17. The molecule has 4 nitrogen and oxygen atoms in total. The monoisotopic (exact) mass is 275 g/mol. The Morgan fingerprint density at radius 2 is 2.05 bits per heavy atom. The van der Waals surface area contributed by atoms with Crippen molar-refractivity contribution < 1.29 is 9.13 Å². The van der Waals surface area contributed by atoms with Gasteiger partial charge in [-0.05, 0) is 31.5 Å². The third-order valence-corrected chi connectivity index (χ3v) is 2.88. The van der Waals surface area contributed by atoms with E-state index >= 15 is 0 Å². The molecule has 1 N–H and O–H groups in total. The standard InChI is InChI=1S/C15H18FN3O/c1-4-17-14-8-13(18-15(19-14)9-20-3)12-7-11(16)6-5-10(12)2/h5-8H,4,9H2,1-3H3,(H,17,18,19). The fourth-order valence-corrected chi connectivity index (χ4v) is 1.97. The fourth-order valence-electron chi connectivity index (χ4n) is 1.97. The molecule has 5 heteroatoms. The molecule has 0 aliphatic carbocycles. The topological polar surface area (TPSA) is 47.0 Å². The highest BCUT2D eigenvalue weighted by Gasteiger charge is 2.09. The van der Waals surface area contributed by atoms with E-state index in [9.17, 15) is 4.39 Å². The molecule has 2 rings (SSSR count). The lowest BCUT2D eigenvalue weighted by atomic mass is 10.1. The number of methoxy groups -OCH3 is 1. The molecule has 0 radical (unpaired) electrons. The highest BCUT2D eigenvalue weighted by Crippen LogP contribution is 2.24. The molecule has 0 atom stereocenters. The molecule has 1 aromatic heterocycles. The molecule has 0 aliphatic heterocycles. The van der Waals surface area contributed by atoms with E-state index in [4.69, 9.17) is 4.74 Å². The smallest absolute Gasteiger partial charge is 0.157 e. The summed E-state index contributed by atoms with van der Waals surface area (Å²) in [5.41, 5.74) is 2.43. The Kier molecular flexibility index (Phi) is 4.63. The van der Waals surface area contributed by atoms with Crippen LogP contribution in [0.5, 0.6) is 0 Å². The summed E-state index contributed by atoms with van der Waals surface area (Å²) in [5.74, 6) is 1.01. The molecule has 20 heavy (non-hydrogen) atoms. The lowest BCUT2D eigenvalue weighted by molar-refractivity contribution is 0.178. The molecule has 2 aromatic rings. The van der Waals surface area contributed by atoms with Crippen LogP contribution in [-0.2, 0) is 11.3 Å². The molecular formula is C15H18FN3O. The van der Waals surface area contributed by atoms with Gasteiger partial charge in [0.05, 0.1) is 5.69 Å². The van der Waals surface area contributed by atoms with E-state index in [0.29, 0.717) is 23.9 Å². The Morgan fingerprint density at radius 1 is 1.25 bits per heavy atom. The van der Waals surface area contributed by atoms with E-state index in [1.54, 1.807) is 13.2 Å². The molecule has 0 amide bonds. The van der Waals surface area contributed by atoms with Gasteiger partial charge in [-0.1, -0.05) is 6.07 Å².